The van der Waals surface area contributed by atoms with Gasteiger partial charge in [0.25, 0.3) is 5.91 Å². The van der Waals surface area contributed by atoms with Crippen LogP contribution in [0.25, 0.3) is 0 Å². The second kappa shape index (κ2) is 4.33. The van der Waals surface area contributed by atoms with Crippen LogP contribution in [-0.4, -0.2) is 42.2 Å². The van der Waals surface area contributed by atoms with Crippen molar-refractivity contribution in [1.82, 2.24) is 9.47 Å². The van der Waals surface area contributed by atoms with Crippen LogP contribution in [0.15, 0.2) is 12.1 Å². The molecule has 2 aliphatic heterocycles. The summed E-state index contributed by atoms with van der Waals surface area (Å²) in [5.41, 5.74) is 5.72. The van der Waals surface area contributed by atoms with Crippen LogP contribution in [0.1, 0.15) is 23.8 Å². The van der Waals surface area contributed by atoms with Gasteiger partial charge in [0.2, 0.25) is 0 Å². The summed E-state index contributed by atoms with van der Waals surface area (Å²) < 4.78 is 39.6. The maximum Gasteiger partial charge on any atom is 0.441 e. The number of rotatable bonds is 2. The molecule has 3 atom stereocenters. The number of nitrogens with two attached hydrogens (primary N) is 1. The summed E-state index contributed by atoms with van der Waals surface area (Å²) in [6, 6.07) is 1.37. The second-order valence-corrected chi connectivity index (χ2v) is 5.72. The lowest BCUT2D eigenvalue weighted by atomic mass is 10.1. The largest absolute Gasteiger partial charge is 0.441 e. The average Bonchev–Trinajstić information content (AvgIpc) is 2.76. The fraction of sp³-hybridized carbons (Fsp3) is 0.538. The number of fused-ring (bicyclic) bond motifs is 4. The molecule has 1 fully saturated rings. The van der Waals surface area contributed by atoms with E-state index in [1.807, 2.05) is 0 Å². The topological polar surface area (TPSA) is 68.0 Å². The zero-order valence-electron chi connectivity index (χ0n) is 11.4. The summed E-state index contributed by atoms with van der Waals surface area (Å²) in [5, 5.41) is 3.11. The predicted octanol–water partition coefficient (Wildman–Crippen LogP) is 1.64. The third-order valence-corrected chi connectivity index (χ3v) is 4.58. The van der Waals surface area contributed by atoms with E-state index in [2.05, 4.69) is 10.3 Å². The molecule has 114 valence electrons. The number of pyridine rings is 1. The first kappa shape index (κ1) is 14.1. The summed E-state index contributed by atoms with van der Waals surface area (Å²) >= 11 is 0. The van der Waals surface area contributed by atoms with Crippen molar-refractivity contribution in [3.05, 3.63) is 17.8 Å². The number of primary amides is 1. The van der Waals surface area contributed by atoms with Crippen LogP contribution >= 0.6 is 0 Å². The molecule has 0 spiro atoms. The van der Waals surface area contributed by atoms with Crippen LogP contribution < -0.4 is 15.5 Å². The number of alkyl halides is 3. The molecule has 0 aromatic carbocycles. The lowest BCUT2D eigenvalue weighted by Gasteiger charge is -2.42. The van der Waals surface area contributed by atoms with Gasteiger partial charge in [-0.2, -0.15) is 13.2 Å². The SMILES string of the molecule is CC(C(F)(F)F)[N+]12CCC(C1)Nc1nc(C(N)=O)ccc12. The van der Waals surface area contributed by atoms with E-state index in [0.717, 1.165) is 0 Å². The minimum Gasteiger partial charge on any atom is -0.364 e. The van der Waals surface area contributed by atoms with E-state index >= 15 is 0 Å². The van der Waals surface area contributed by atoms with Gasteiger partial charge >= 0.3 is 6.18 Å². The Balaban J connectivity index is 2.11. The van der Waals surface area contributed by atoms with Gasteiger partial charge in [0.1, 0.15) is 12.2 Å². The van der Waals surface area contributed by atoms with Crippen LogP contribution in [-0.2, 0) is 0 Å². The fourth-order valence-corrected chi connectivity index (χ4v) is 3.39. The van der Waals surface area contributed by atoms with Crippen molar-refractivity contribution in [3.63, 3.8) is 0 Å². The molecular weight excluding hydrogens is 285 g/mol. The molecule has 21 heavy (non-hydrogen) atoms. The van der Waals surface area contributed by atoms with E-state index < -0.39 is 18.1 Å². The number of aromatic nitrogens is 1. The van der Waals surface area contributed by atoms with E-state index in [1.165, 1.54) is 13.0 Å². The van der Waals surface area contributed by atoms with Gasteiger partial charge in [0.05, 0.1) is 12.6 Å². The molecule has 1 aromatic heterocycles. The van der Waals surface area contributed by atoms with Crippen molar-refractivity contribution in [2.24, 2.45) is 5.73 Å². The maximum absolute atomic E-state index is 13.3. The molecule has 3 N–H and O–H groups in total. The lowest BCUT2D eigenvalue weighted by molar-refractivity contribution is -0.174. The second-order valence-electron chi connectivity index (χ2n) is 5.72. The number of hydrogen-bond acceptors (Lipinski definition) is 3. The van der Waals surface area contributed by atoms with Gasteiger partial charge in [-0.05, 0) is 13.0 Å². The normalized spacial score (nSPS) is 28.7. The number of quaternary nitrogens is 1. The number of anilines is 1. The van der Waals surface area contributed by atoms with Crippen LogP contribution in [0.5, 0.6) is 0 Å². The Labute approximate surface area is 119 Å². The van der Waals surface area contributed by atoms with Crippen molar-refractivity contribution in [2.75, 3.05) is 18.4 Å². The Morgan fingerprint density at radius 3 is 2.86 bits per heavy atom. The smallest absolute Gasteiger partial charge is 0.364 e. The van der Waals surface area contributed by atoms with E-state index in [1.54, 1.807) is 6.07 Å². The quantitative estimate of drug-likeness (QED) is 0.816. The first-order valence-corrected chi connectivity index (χ1v) is 6.75. The third kappa shape index (κ3) is 2.05. The van der Waals surface area contributed by atoms with Gasteiger partial charge in [-0.25, -0.2) is 4.98 Å². The highest BCUT2D eigenvalue weighted by molar-refractivity contribution is 5.92. The van der Waals surface area contributed by atoms with E-state index in [4.69, 9.17) is 5.73 Å². The van der Waals surface area contributed by atoms with E-state index in [-0.39, 0.29) is 16.2 Å². The average molecular weight is 301 g/mol. The van der Waals surface area contributed by atoms with Gasteiger partial charge in [-0.15, -0.1) is 0 Å². The van der Waals surface area contributed by atoms with Crippen LogP contribution in [0.4, 0.5) is 24.7 Å². The fourth-order valence-electron chi connectivity index (χ4n) is 3.39. The highest BCUT2D eigenvalue weighted by Crippen LogP contribution is 2.45. The molecule has 2 aliphatic rings. The minimum atomic E-state index is -4.29. The lowest BCUT2D eigenvalue weighted by Crippen LogP contribution is -2.62. The van der Waals surface area contributed by atoms with Gasteiger partial charge in [0.15, 0.2) is 17.5 Å². The monoisotopic (exact) mass is 301 g/mol. The number of nitrogens with one attached hydrogen (secondary N) is 1. The van der Waals surface area contributed by atoms with Gasteiger partial charge in [0, 0.05) is 12.5 Å². The number of carbonyl (C=O) groups excluding carboxylic acids is 1. The Kier molecular flexibility index (Phi) is 2.91. The Hall–Kier alpha value is -1.83. The van der Waals surface area contributed by atoms with Gasteiger partial charge in [-0.3, -0.25) is 9.28 Å². The van der Waals surface area contributed by atoms with E-state index in [9.17, 15) is 18.0 Å². The first-order valence-electron chi connectivity index (χ1n) is 6.75. The Morgan fingerprint density at radius 1 is 1.52 bits per heavy atom. The molecule has 5 nitrogen and oxygen atoms in total. The van der Waals surface area contributed by atoms with Crippen LogP contribution in [0, 0.1) is 0 Å². The zero-order chi connectivity index (χ0) is 15.4. The van der Waals surface area contributed by atoms with Crippen molar-refractivity contribution in [1.29, 1.82) is 0 Å². The molecule has 1 aromatic rings. The molecule has 0 radical (unpaired) electrons. The molecule has 3 unspecified atom stereocenters. The van der Waals surface area contributed by atoms with Gasteiger partial charge in [-0.1, -0.05) is 0 Å². The standard InChI is InChI=1S/C13H15F3N4O/c1-7(13(14,15)16)20-5-4-8(6-20)18-12-10(20)3-2-9(19-12)11(17)21/h2-3,7-8H,4-6H2,1H3,(H2-,17,18,19,21)/p+1. The molecular formula is C13H16F3N4O+. The molecule has 1 saturated heterocycles. The third-order valence-electron chi connectivity index (χ3n) is 4.58. The molecule has 0 aliphatic carbocycles. The molecule has 0 saturated carbocycles. The van der Waals surface area contributed by atoms with Crippen LogP contribution in [0.3, 0.4) is 0 Å². The Morgan fingerprint density at radius 2 is 2.24 bits per heavy atom. The zero-order valence-corrected chi connectivity index (χ0v) is 11.4. The first-order chi connectivity index (χ1) is 9.74. The number of halogens is 3. The van der Waals surface area contributed by atoms with Crippen molar-refractivity contribution in [2.45, 2.75) is 31.6 Å². The molecule has 1 amide bonds. The molecule has 2 bridgehead atoms. The summed E-state index contributed by atoms with van der Waals surface area (Å²) in [4.78, 5) is 15.3. The highest BCUT2D eigenvalue weighted by atomic mass is 19.4. The number of carbonyl (C=O) groups is 1. The summed E-state index contributed by atoms with van der Waals surface area (Å²) in [6.07, 6.45) is -3.64. The highest BCUT2D eigenvalue weighted by Gasteiger charge is 2.58. The molecule has 3 rings (SSSR count). The molecule has 3 heterocycles. The molecule has 8 heteroatoms. The number of hydrogen-bond donors (Lipinski definition) is 2. The van der Waals surface area contributed by atoms with E-state index in [0.29, 0.717) is 31.0 Å². The van der Waals surface area contributed by atoms with Gasteiger partial charge < -0.3 is 11.1 Å². The van der Waals surface area contributed by atoms with Crippen molar-refractivity contribution < 1.29 is 18.0 Å². The summed E-state index contributed by atoms with van der Waals surface area (Å²) in [5.74, 6) is -0.348. The Bertz CT molecular complexity index is 604. The maximum atomic E-state index is 13.3. The minimum absolute atomic E-state index is 0.0570. The van der Waals surface area contributed by atoms with Crippen molar-refractivity contribution in [3.8, 4) is 0 Å². The predicted molar refractivity (Wildman–Crippen MR) is 71.8 cm³/mol. The summed E-state index contributed by atoms with van der Waals surface area (Å²) in [6.45, 7) is 1.99. The number of amides is 1. The van der Waals surface area contributed by atoms with Crippen LogP contribution in [0.2, 0.25) is 0 Å². The number of nitrogens with zero attached hydrogens (tertiary/aromatic N) is 2. The van der Waals surface area contributed by atoms with Crippen molar-refractivity contribution >= 4 is 17.4 Å². The summed E-state index contributed by atoms with van der Waals surface area (Å²) in [7, 11) is 0.